The number of carbonyl (C=O) groups excluding carboxylic acids is 1. The Balaban J connectivity index is 1.44. The molecule has 2 aromatic heterocycles. The van der Waals surface area contributed by atoms with Crippen molar-refractivity contribution < 1.29 is 9.53 Å². The smallest absolute Gasteiger partial charge is 0.256 e. The van der Waals surface area contributed by atoms with Crippen LogP contribution in [0.4, 0.5) is 5.00 Å². The van der Waals surface area contributed by atoms with Gasteiger partial charge >= 0.3 is 0 Å². The Kier molecular flexibility index (Phi) is 6.97. The Morgan fingerprint density at radius 1 is 1.15 bits per heavy atom. The maximum atomic E-state index is 13.3. The lowest BCUT2D eigenvalue weighted by atomic mass is 9.88. The number of anilines is 1. The fourth-order valence-corrected chi connectivity index (χ4v) is 7.01. The van der Waals surface area contributed by atoms with E-state index >= 15 is 0 Å². The molecule has 0 saturated carbocycles. The lowest BCUT2D eigenvalue weighted by Crippen LogP contribution is -2.12. The molecule has 2 aromatic carbocycles. The molecule has 1 aliphatic rings. The lowest BCUT2D eigenvalue weighted by Gasteiger charge is -2.18. The second-order valence-electron chi connectivity index (χ2n) is 9.08. The molecule has 0 fully saturated rings. The van der Waals surface area contributed by atoms with Crippen LogP contribution in [0, 0.1) is 5.92 Å². The van der Waals surface area contributed by atoms with Gasteiger partial charge in [0, 0.05) is 16.0 Å². The minimum atomic E-state index is -0.104. The maximum Gasteiger partial charge on any atom is 0.256 e. The fourth-order valence-electron chi connectivity index (χ4n) is 4.49. The zero-order valence-electron chi connectivity index (χ0n) is 19.7. The highest BCUT2D eigenvalue weighted by Gasteiger charge is 2.27. The SMILES string of the molecule is CCCCCOc1cccc(C(=O)Nc2sc3c(c2-c2nc4ccccc4s2)CCC(C)C3)c1. The number of ether oxygens (including phenoxy) is 1. The third kappa shape index (κ3) is 4.89. The molecule has 1 aliphatic carbocycles. The van der Waals surface area contributed by atoms with Crippen molar-refractivity contribution in [2.45, 2.75) is 52.4 Å². The van der Waals surface area contributed by atoms with E-state index in [1.165, 1.54) is 21.6 Å². The first-order valence-corrected chi connectivity index (χ1v) is 13.8. The molecular weight excluding hydrogens is 460 g/mol. The van der Waals surface area contributed by atoms with Crippen LogP contribution in [-0.2, 0) is 12.8 Å². The highest BCUT2D eigenvalue weighted by atomic mass is 32.1. The van der Waals surface area contributed by atoms with Crippen LogP contribution in [0.2, 0.25) is 0 Å². The Morgan fingerprint density at radius 3 is 2.88 bits per heavy atom. The van der Waals surface area contributed by atoms with E-state index < -0.39 is 0 Å². The molecule has 1 amide bonds. The number of carbonyl (C=O) groups is 1. The van der Waals surface area contributed by atoms with Crippen LogP contribution in [0.1, 0.15) is 60.3 Å². The molecule has 1 atom stereocenters. The Hall–Kier alpha value is -2.70. The summed E-state index contributed by atoms with van der Waals surface area (Å²) in [5.74, 6) is 1.31. The number of amides is 1. The number of thiophene rings is 1. The topological polar surface area (TPSA) is 51.2 Å². The number of unbranched alkanes of at least 4 members (excludes halogenated alkanes) is 2. The molecule has 0 aliphatic heterocycles. The van der Waals surface area contributed by atoms with E-state index in [9.17, 15) is 4.79 Å². The van der Waals surface area contributed by atoms with Crippen molar-refractivity contribution in [3.8, 4) is 16.3 Å². The van der Waals surface area contributed by atoms with Crippen molar-refractivity contribution in [2.75, 3.05) is 11.9 Å². The summed E-state index contributed by atoms with van der Waals surface area (Å²) in [6.07, 6.45) is 6.61. The first-order valence-electron chi connectivity index (χ1n) is 12.2. The highest BCUT2D eigenvalue weighted by molar-refractivity contribution is 7.23. The molecular formula is C28H30N2O2S2. The molecule has 5 rings (SSSR count). The molecule has 2 heterocycles. The van der Waals surface area contributed by atoms with E-state index in [0.717, 1.165) is 58.9 Å². The quantitative estimate of drug-likeness (QED) is 0.255. The van der Waals surface area contributed by atoms with Gasteiger partial charge in [0.25, 0.3) is 5.91 Å². The number of nitrogens with zero attached hydrogens (tertiary/aromatic N) is 1. The van der Waals surface area contributed by atoms with E-state index in [2.05, 4.69) is 37.4 Å². The van der Waals surface area contributed by atoms with Crippen LogP contribution in [0.15, 0.2) is 48.5 Å². The molecule has 1 unspecified atom stereocenters. The number of para-hydroxylation sites is 1. The van der Waals surface area contributed by atoms with Crippen LogP contribution in [-0.4, -0.2) is 17.5 Å². The van der Waals surface area contributed by atoms with E-state index in [4.69, 9.17) is 9.72 Å². The van der Waals surface area contributed by atoms with Crippen LogP contribution in [0.5, 0.6) is 5.75 Å². The van der Waals surface area contributed by atoms with E-state index in [0.29, 0.717) is 18.1 Å². The van der Waals surface area contributed by atoms with Crippen molar-refractivity contribution in [1.82, 2.24) is 4.98 Å². The largest absolute Gasteiger partial charge is 0.494 e. The van der Waals surface area contributed by atoms with Crippen molar-refractivity contribution in [2.24, 2.45) is 5.92 Å². The summed E-state index contributed by atoms with van der Waals surface area (Å²) >= 11 is 3.43. The van der Waals surface area contributed by atoms with Crippen molar-refractivity contribution in [3.63, 3.8) is 0 Å². The summed E-state index contributed by atoms with van der Waals surface area (Å²) in [6, 6.07) is 15.7. The average Bonchev–Trinajstić information content (AvgIpc) is 3.42. The number of hydrogen-bond acceptors (Lipinski definition) is 5. The van der Waals surface area contributed by atoms with Gasteiger partial charge < -0.3 is 10.1 Å². The summed E-state index contributed by atoms with van der Waals surface area (Å²) in [7, 11) is 0. The van der Waals surface area contributed by atoms with Gasteiger partial charge in [0.1, 0.15) is 15.8 Å². The number of nitrogens with one attached hydrogen (secondary N) is 1. The predicted octanol–water partition coefficient (Wildman–Crippen LogP) is 7.97. The minimum Gasteiger partial charge on any atom is -0.494 e. The lowest BCUT2D eigenvalue weighted by molar-refractivity contribution is 0.102. The van der Waals surface area contributed by atoms with Gasteiger partial charge in [-0.05, 0) is 67.5 Å². The zero-order chi connectivity index (χ0) is 23.5. The molecule has 4 nitrogen and oxygen atoms in total. The first kappa shape index (κ1) is 23.1. The number of aromatic nitrogens is 1. The summed E-state index contributed by atoms with van der Waals surface area (Å²) in [5.41, 5.74) is 4.11. The summed E-state index contributed by atoms with van der Waals surface area (Å²) in [4.78, 5) is 19.6. The first-order chi connectivity index (χ1) is 16.6. The molecule has 0 radical (unpaired) electrons. The number of rotatable bonds is 8. The van der Waals surface area contributed by atoms with Crippen molar-refractivity contribution in [1.29, 1.82) is 0 Å². The monoisotopic (exact) mass is 490 g/mol. The van der Waals surface area contributed by atoms with E-state index in [1.807, 2.05) is 30.3 Å². The molecule has 0 bridgehead atoms. The van der Waals surface area contributed by atoms with Gasteiger partial charge in [0.15, 0.2) is 0 Å². The van der Waals surface area contributed by atoms with Crippen molar-refractivity contribution >= 4 is 43.8 Å². The Morgan fingerprint density at radius 2 is 2.03 bits per heavy atom. The van der Waals surface area contributed by atoms with Gasteiger partial charge in [-0.2, -0.15) is 0 Å². The Bertz CT molecular complexity index is 1270. The van der Waals surface area contributed by atoms with Gasteiger partial charge in [0.2, 0.25) is 0 Å². The molecule has 0 spiro atoms. The summed E-state index contributed by atoms with van der Waals surface area (Å²) in [6.45, 7) is 5.16. The number of fused-ring (bicyclic) bond motifs is 2. The average molecular weight is 491 g/mol. The Labute approximate surface area is 209 Å². The van der Waals surface area contributed by atoms with Crippen LogP contribution in [0.25, 0.3) is 20.8 Å². The number of hydrogen-bond donors (Lipinski definition) is 1. The number of benzene rings is 2. The van der Waals surface area contributed by atoms with Gasteiger partial charge in [-0.25, -0.2) is 4.98 Å². The van der Waals surface area contributed by atoms with E-state index in [1.54, 1.807) is 22.7 Å². The molecule has 1 N–H and O–H groups in total. The van der Waals surface area contributed by atoms with Gasteiger partial charge in [-0.3, -0.25) is 4.79 Å². The zero-order valence-corrected chi connectivity index (χ0v) is 21.4. The normalized spacial score (nSPS) is 15.3. The molecule has 34 heavy (non-hydrogen) atoms. The van der Waals surface area contributed by atoms with Crippen LogP contribution < -0.4 is 10.1 Å². The van der Waals surface area contributed by atoms with Gasteiger partial charge in [-0.15, -0.1) is 22.7 Å². The summed E-state index contributed by atoms with van der Waals surface area (Å²) in [5, 5.41) is 5.15. The minimum absolute atomic E-state index is 0.104. The second-order valence-corrected chi connectivity index (χ2v) is 11.2. The number of thiazole rings is 1. The van der Waals surface area contributed by atoms with Gasteiger partial charge in [-0.1, -0.05) is 44.9 Å². The molecule has 6 heteroatoms. The highest BCUT2D eigenvalue weighted by Crippen LogP contribution is 2.47. The van der Waals surface area contributed by atoms with E-state index in [-0.39, 0.29) is 5.91 Å². The van der Waals surface area contributed by atoms with Crippen molar-refractivity contribution in [3.05, 3.63) is 64.5 Å². The molecule has 0 saturated heterocycles. The van der Waals surface area contributed by atoms with Crippen LogP contribution in [0.3, 0.4) is 0 Å². The standard InChI is InChI=1S/C28H30N2O2S2/c1-3-4-7-15-32-20-10-8-9-19(17-20)26(31)30-28-25(21-14-13-18(2)16-24(21)34-28)27-29-22-11-5-6-12-23(22)33-27/h5-6,8-12,17-18H,3-4,7,13-16H2,1-2H3,(H,30,31). The third-order valence-corrected chi connectivity index (χ3v) is 8.58. The third-order valence-electron chi connectivity index (χ3n) is 6.36. The maximum absolute atomic E-state index is 13.3. The molecule has 176 valence electrons. The second kappa shape index (κ2) is 10.3. The van der Waals surface area contributed by atoms with Gasteiger partial charge in [0.05, 0.1) is 16.8 Å². The molecule has 4 aromatic rings. The fraction of sp³-hybridized carbons (Fsp3) is 0.357. The predicted molar refractivity (Wildman–Crippen MR) is 144 cm³/mol. The summed E-state index contributed by atoms with van der Waals surface area (Å²) < 4.78 is 7.04. The van der Waals surface area contributed by atoms with Crippen LogP contribution >= 0.6 is 22.7 Å².